The highest BCUT2D eigenvalue weighted by Gasteiger charge is 2.30. The predicted octanol–water partition coefficient (Wildman–Crippen LogP) is 13.0. The van der Waals surface area contributed by atoms with Gasteiger partial charge in [0.2, 0.25) is 11.6 Å². The topological polar surface area (TPSA) is 204 Å². The number of azo groups is 2. The average Bonchev–Trinajstić information content (AvgIpc) is 4.12. The molecule has 0 unspecified atom stereocenters. The summed E-state index contributed by atoms with van der Waals surface area (Å²) in [5, 5.41) is 52.4. The molecule has 0 aliphatic carbocycles. The molecule has 76 heavy (non-hydrogen) atoms. The van der Waals surface area contributed by atoms with Crippen molar-refractivity contribution in [1.82, 2.24) is 30.0 Å². The van der Waals surface area contributed by atoms with Gasteiger partial charge in [0.1, 0.15) is 5.69 Å². The van der Waals surface area contributed by atoms with Gasteiger partial charge in [-0.05, 0) is 86.6 Å². The number of benzene rings is 6. The number of likely N-dealkylation sites (N-methyl/N-ethyl adjacent to an activating group) is 2. The van der Waals surface area contributed by atoms with Crippen molar-refractivity contribution < 1.29 is 53.8 Å². The van der Waals surface area contributed by atoms with E-state index < -0.39 is 84.8 Å². The Morgan fingerprint density at radius 1 is 0.487 bits per heavy atom. The van der Waals surface area contributed by atoms with Gasteiger partial charge >= 0.3 is 0 Å². The van der Waals surface area contributed by atoms with Crippen LogP contribution in [0.5, 0.6) is 0 Å². The largest absolute Gasteiger partial charge is 0.370 e. The molecule has 0 radical (unpaired) electrons. The number of non-ortho nitro benzene ring substituents is 2. The molecule has 0 aliphatic rings. The van der Waals surface area contributed by atoms with E-state index in [4.69, 9.17) is 0 Å². The van der Waals surface area contributed by atoms with Crippen LogP contribution in [0.15, 0.2) is 130 Å². The molecular formula is C48H36F10N14O4. The van der Waals surface area contributed by atoms with Gasteiger partial charge in [0.25, 0.3) is 11.4 Å². The first-order chi connectivity index (χ1) is 36.4. The van der Waals surface area contributed by atoms with Gasteiger partial charge < -0.3 is 9.80 Å². The van der Waals surface area contributed by atoms with Crippen LogP contribution in [0.4, 0.5) is 89.4 Å². The Kier molecular flexibility index (Phi) is 17.2. The Hall–Kier alpha value is -9.50. The van der Waals surface area contributed by atoms with E-state index in [1.54, 1.807) is 48.5 Å². The van der Waals surface area contributed by atoms with Gasteiger partial charge in [-0.15, -0.1) is 10.2 Å². The first-order valence-corrected chi connectivity index (χ1v) is 22.2. The second-order valence-electron chi connectivity index (χ2n) is 15.7. The molecule has 0 amide bonds. The van der Waals surface area contributed by atoms with E-state index in [1.807, 2.05) is 23.6 Å². The second-order valence-corrected chi connectivity index (χ2v) is 15.7. The van der Waals surface area contributed by atoms with Crippen molar-refractivity contribution in [3.8, 4) is 22.5 Å². The van der Waals surface area contributed by atoms with Gasteiger partial charge in [-0.3, -0.25) is 24.9 Å². The molecule has 0 bridgehead atoms. The molecule has 392 valence electrons. The average molecular weight is 1060 g/mol. The molecule has 18 nitrogen and oxygen atoms in total. The van der Waals surface area contributed by atoms with Crippen LogP contribution in [0.1, 0.15) is 13.8 Å². The third kappa shape index (κ3) is 12.3. The zero-order valence-electron chi connectivity index (χ0n) is 39.3. The van der Waals surface area contributed by atoms with E-state index in [0.717, 1.165) is 28.5 Å². The van der Waals surface area contributed by atoms with E-state index in [9.17, 15) is 64.1 Å². The standard InChI is InChI=1S/2C24H18F5N7O2/c1-2-34(16-7-3-14(4-8-16)30-31-15-5-9-17(10-6-15)36(37)38)11-12-35-13-18(32-33-35)19-20(25)22(27)24(29)23(28)21(19)26;1-2-34(16-7-3-14(4-8-16)31-32-15-5-9-17(10-6-15)36(37)38)11-12-35-18(13-30-33-35)19-20(25)22(27)24(29)23(28)21(19)26/h2*3-10,13H,2,11-12H2,1H3. The number of aromatic nitrogens is 6. The van der Waals surface area contributed by atoms with Crippen molar-refractivity contribution in [3.05, 3.63) is 188 Å². The summed E-state index contributed by atoms with van der Waals surface area (Å²) >= 11 is 0. The highest BCUT2D eigenvalue weighted by Crippen LogP contribution is 2.33. The summed E-state index contributed by atoms with van der Waals surface area (Å²) in [6, 6.07) is 25.2. The monoisotopic (exact) mass is 1060 g/mol. The number of hydrogen-bond donors (Lipinski definition) is 0. The van der Waals surface area contributed by atoms with Crippen molar-refractivity contribution in [2.45, 2.75) is 26.9 Å². The summed E-state index contributed by atoms with van der Waals surface area (Å²) in [7, 11) is 0. The lowest BCUT2D eigenvalue weighted by atomic mass is 10.1. The van der Waals surface area contributed by atoms with Crippen LogP contribution in [-0.4, -0.2) is 66.0 Å². The van der Waals surface area contributed by atoms with E-state index >= 15 is 0 Å². The number of anilines is 2. The maximum atomic E-state index is 14.3. The third-order valence-corrected chi connectivity index (χ3v) is 11.1. The Morgan fingerprint density at radius 2 is 0.842 bits per heavy atom. The summed E-state index contributed by atoms with van der Waals surface area (Å²) in [6.45, 7) is 5.78. The maximum absolute atomic E-state index is 14.3. The Morgan fingerprint density at radius 3 is 1.22 bits per heavy atom. The SMILES string of the molecule is CCN(CCn1cc(-c2c(F)c(F)c(F)c(F)c2F)nn1)c1ccc(N=Nc2ccc([N+](=O)[O-])cc2)cc1.CCN(CCn1nncc1-c1c(F)c(F)c(F)c(F)c1F)c1ccc(N=Nc2ccc([N+](=O)[O-])cc2)cc1. The molecule has 0 saturated heterocycles. The minimum absolute atomic E-state index is 0.0320. The number of nitrogens with zero attached hydrogens (tertiary/aromatic N) is 14. The summed E-state index contributed by atoms with van der Waals surface area (Å²) in [5.41, 5.74) is 0.364. The highest BCUT2D eigenvalue weighted by molar-refractivity contribution is 5.62. The van der Waals surface area contributed by atoms with Gasteiger partial charge in [0.05, 0.1) is 74.9 Å². The normalized spacial score (nSPS) is 11.3. The number of nitro benzene ring substituents is 2. The Labute approximate surface area is 422 Å². The van der Waals surface area contributed by atoms with Crippen LogP contribution in [0.3, 0.4) is 0 Å². The number of rotatable bonds is 18. The summed E-state index contributed by atoms with van der Waals surface area (Å²) in [5.74, 6) is -20.6. The van der Waals surface area contributed by atoms with Crippen molar-refractivity contribution in [1.29, 1.82) is 0 Å². The van der Waals surface area contributed by atoms with Crippen molar-refractivity contribution >= 4 is 45.5 Å². The van der Waals surface area contributed by atoms with Crippen LogP contribution in [0.25, 0.3) is 22.5 Å². The molecule has 0 N–H and O–H groups in total. The maximum Gasteiger partial charge on any atom is 0.269 e. The molecule has 6 aromatic carbocycles. The zero-order valence-corrected chi connectivity index (χ0v) is 39.3. The van der Waals surface area contributed by atoms with Crippen LogP contribution < -0.4 is 9.80 Å². The smallest absolute Gasteiger partial charge is 0.269 e. The lowest BCUT2D eigenvalue weighted by Gasteiger charge is -2.23. The molecule has 28 heteroatoms. The quantitative estimate of drug-likeness (QED) is 0.0199. The molecule has 0 atom stereocenters. The molecule has 0 spiro atoms. The van der Waals surface area contributed by atoms with E-state index in [0.29, 0.717) is 42.4 Å². The van der Waals surface area contributed by atoms with Crippen molar-refractivity contribution in [2.75, 3.05) is 36.0 Å². The summed E-state index contributed by atoms with van der Waals surface area (Å²) < 4.78 is 140. The molecule has 8 rings (SSSR count). The summed E-state index contributed by atoms with van der Waals surface area (Å²) in [6.07, 6.45) is 2.03. The van der Waals surface area contributed by atoms with E-state index in [2.05, 4.69) is 41.1 Å². The fourth-order valence-corrected chi connectivity index (χ4v) is 7.15. The zero-order chi connectivity index (χ0) is 54.8. The molecule has 0 aliphatic heterocycles. The molecule has 0 fully saturated rings. The minimum atomic E-state index is -2.24. The van der Waals surface area contributed by atoms with Gasteiger partial charge in [-0.25, -0.2) is 48.6 Å². The highest BCUT2D eigenvalue weighted by atomic mass is 19.2. The summed E-state index contributed by atoms with van der Waals surface area (Å²) in [4.78, 5) is 24.3. The van der Waals surface area contributed by atoms with Gasteiger partial charge in [-0.2, -0.15) is 20.5 Å². The molecule has 2 heterocycles. The Balaban J connectivity index is 0.000000221. The molecule has 2 aromatic heterocycles. The first-order valence-electron chi connectivity index (χ1n) is 22.2. The Bertz CT molecular complexity index is 3380. The molecular weight excluding hydrogens is 1030 g/mol. The van der Waals surface area contributed by atoms with Gasteiger partial charge in [0.15, 0.2) is 46.5 Å². The van der Waals surface area contributed by atoms with Crippen LogP contribution >= 0.6 is 0 Å². The molecule has 8 aromatic rings. The fraction of sp³-hybridized carbons (Fsp3) is 0.167. The van der Waals surface area contributed by atoms with Crippen LogP contribution in [0, 0.1) is 78.4 Å². The van der Waals surface area contributed by atoms with E-state index in [1.165, 1.54) is 53.2 Å². The van der Waals surface area contributed by atoms with Crippen LogP contribution in [0.2, 0.25) is 0 Å². The lowest BCUT2D eigenvalue weighted by Crippen LogP contribution is -2.27. The number of nitro groups is 2. The van der Waals surface area contributed by atoms with Gasteiger partial charge in [-0.1, -0.05) is 10.4 Å². The lowest BCUT2D eigenvalue weighted by molar-refractivity contribution is -0.385. The van der Waals surface area contributed by atoms with Crippen LogP contribution in [-0.2, 0) is 13.1 Å². The fourth-order valence-electron chi connectivity index (χ4n) is 7.15. The van der Waals surface area contributed by atoms with E-state index in [-0.39, 0.29) is 36.7 Å². The van der Waals surface area contributed by atoms with Crippen molar-refractivity contribution in [2.24, 2.45) is 20.5 Å². The van der Waals surface area contributed by atoms with Gasteiger partial charge in [0, 0.05) is 61.8 Å². The first kappa shape index (κ1) is 54.3. The number of hydrogen-bond acceptors (Lipinski definition) is 14. The van der Waals surface area contributed by atoms with Crippen molar-refractivity contribution in [3.63, 3.8) is 0 Å². The third-order valence-electron chi connectivity index (χ3n) is 11.1. The number of halogens is 10. The predicted molar refractivity (Wildman–Crippen MR) is 254 cm³/mol. The molecule has 0 saturated carbocycles. The minimum Gasteiger partial charge on any atom is -0.370 e. The second kappa shape index (κ2) is 24.0.